The number of benzene rings is 1. The zero-order valence-electron chi connectivity index (χ0n) is 15.1. The fourth-order valence-electron chi connectivity index (χ4n) is 4.08. The molecule has 1 aromatic rings. The van der Waals surface area contributed by atoms with Crippen molar-refractivity contribution in [1.29, 1.82) is 0 Å². The Morgan fingerprint density at radius 1 is 1.04 bits per heavy atom. The third-order valence-electron chi connectivity index (χ3n) is 5.85. The second-order valence-corrected chi connectivity index (χ2v) is 7.71. The molecule has 2 aliphatic heterocycles. The lowest BCUT2D eigenvalue weighted by Gasteiger charge is -2.33. The summed E-state index contributed by atoms with van der Waals surface area (Å²) in [4.78, 5) is 17.1. The van der Waals surface area contributed by atoms with Crippen LogP contribution in [0.4, 0.5) is 0 Å². The highest BCUT2D eigenvalue weighted by Crippen LogP contribution is 2.27. The summed E-state index contributed by atoms with van der Waals surface area (Å²) in [5.41, 5.74) is 1.88. The number of carbonyl (C=O) groups excluding carboxylic acids is 1. The highest BCUT2D eigenvalue weighted by atomic mass is 16.3. The summed E-state index contributed by atoms with van der Waals surface area (Å²) in [6.45, 7) is 6.74. The van der Waals surface area contributed by atoms with Crippen molar-refractivity contribution < 1.29 is 15.0 Å². The van der Waals surface area contributed by atoms with Crippen LogP contribution < -0.4 is 0 Å². The van der Waals surface area contributed by atoms with Crippen LogP contribution in [0.1, 0.15) is 28.8 Å². The number of nitrogens with zero attached hydrogens (tertiary/aromatic N) is 2. The van der Waals surface area contributed by atoms with Gasteiger partial charge in [0.1, 0.15) is 0 Å². The van der Waals surface area contributed by atoms with E-state index in [9.17, 15) is 15.0 Å². The molecule has 0 radical (unpaired) electrons. The zero-order chi connectivity index (χ0) is 17.8. The van der Waals surface area contributed by atoms with E-state index in [-0.39, 0.29) is 25.0 Å². The van der Waals surface area contributed by atoms with Crippen LogP contribution in [0.15, 0.2) is 24.3 Å². The maximum Gasteiger partial charge on any atom is 0.253 e. The van der Waals surface area contributed by atoms with Crippen LogP contribution in [-0.2, 0) is 0 Å². The molecule has 0 aliphatic carbocycles. The Morgan fingerprint density at radius 3 is 2.28 bits per heavy atom. The smallest absolute Gasteiger partial charge is 0.253 e. The molecule has 2 aliphatic rings. The molecular weight excluding hydrogens is 316 g/mol. The lowest BCUT2D eigenvalue weighted by molar-refractivity contribution is 0.0776. The number of piperidine rings is 1. The number of hydrogen-bond acceptors (Lipinski definition) is 4. The number of hydrogen-bond donors (Lipinski definition) is 2. The molecule has 3 rings (SSSR count). The van der Waals surface area contributed by atoms with Crippen molar-refractivity contribution in [2.45, 2.75) is 19.8 Å². The first-order valence-corrected chi connectivity index (χ1v) is 9.40. The Labute approximate surface area is 150 Å². The van der Waals surface area contributed by atoms with Crippen molar-refractivity contribution in [1.82, 2.24) is 9.80 Å². The number of likely N-dealkylation sites (tertiary alicyclic amines) is 2. The molecule has 2 heterocycles. The number of rotatable bonds is 5. The van der Waals surface area contributed by atoms with Crippen LogP contribution in [0.2, 0.25) is 0 Å². The highest BCUT2D eigenvalue weighted by molar-refractivity contribution is 5.94. The zero-order valence-corrected chi connectivity index (χ0v) is 15.1. The molecule has 1 amide bonds. The van der Waals surface area contributed by atoms with Gasteiger partial charge in [0, 0.05) is 44.3 Å². The van der Waals surface area contributed by atoms with E-state index < -0.39 is 0 Å². The maximum absolute atomic E-state index is 12.7. The van der Waals surface area contributed by atoms with E-state index in [4.69, 9.17) is 0 Å². The first-order valence-electron chi connectivity index (χ1n) is 9.40. The molecule has 0 aromatic heterocycles. The minimum Gasteiger partial charge on any atom is -0.396 e. The third kappa shape index (κ3) is 4.40. The Hall–Kier alpha value is -1.43. The van der Waals surface area contributed by atoms with Crippen LogP contribution in [0.25, 0.3) is 0 Å². The number of aliphatic hydroxyl groups is 2. The number of aliphatic hydroxyl groups excluding tert-OH is 2. The van der Waals surface area contributed by atoms with Gasteiger partial charge in [-0.3, -0.25) is 4.79 Å². The molecule has 0 bridgehead atoms. The van der Waals surface area contributed by atoms with E-state index >= 15 is 0 Å². The number of aryl methyl sites for hydroxylation is 1. The van der Waals surface area contributed by atoms with Gasteiger partial charge >= 0.3 is 0 Å². The number of carbonyl (C=O) groups is 1. The van der Waals surface area contributed by atoms with E-state index in [2.05, 4.69) is 4.90 Å². The van der Waals surface area contributed by atoms with Crippen LogP contribution in [-0.4, -0.2) is 71.9 Å². The molecule has 2 N–H and O–H groups in total. The molecule has 1 aromatic carbocycles. The lowest BCUT2D eigenvalue weighted by atomic mass is 9.93. The first kappa shape index (κ1) is 18.4. The molecular formula is C20H30N2O3. The SMILES string of the molecule is Cc1ccc(C(=O)N2C[C@@H](CN3CCC(CO)CC3)[C@@H](CO)C2)cc1. The van der Waals surface area contributed by atoms with Crippen LogP contribution >= 0.6 is 0 Å². The van der Waals surface area contributed by atoms with Gasteiger partial charge in [-0.2, -0.15) is 0 Å². The molecule has 5 heteroatoms. The van der Waals surface area contributed by atoms with Gasteiger partial charge < -0.3 is 20.0 Å². The van der Waals surface area contributed by atoms with E-state index in [0.29, 0.717) is 18.4 Å². The van der Waals surface area contributed by atoms with E-state index in [1.54, 1.807) is 0 Å². The van der Waals surface area contributed by atoms with E-state index in [1.165, 1.54) is 0 Å². The Balaban J connectivity index is 1.58. The van der Waals surface area contributed by atoms with Gasteiger partial charge in [-0.1, -0.05) is 17.7 Å². The molecule has 0 spiro atoms. The Morgan fingerprint density at radius 2 is 1.68 bits per heavy atom. The minimum atomic E-state index is 0.0694. The summed E-state index contributed by atoms with van der Waals surface area (Å²) >= 11 is 0. The van der Waals surface area contributed by atoms with Crippen molar-refractivity contribution in [2.24, 2.45) is 17.8 Å². The van der Waals surface area contributed by atoms with E-state index in [1.807, 2.05) is 36.1 Å². The van der Waals surface area contributed by atoms with Gasteiger partial charge in [0.25, 0.3) is 5.91 Å². The third-order valence-corrected chi connectivity index (χ3v) is 5.85. The second-order valence-electron chi connectivity index (χ2n) is 7.71. The van der Waals surface area contributed by atoms with Crippen molar-refractivity contribution in [3.63, 3.8) is 0 Å². The maximum atomic E-state index is 12.7. The topological polar surface area (TPSA) is 64.0 Å². The average molecular weight is 346 g/mol. The second kappa shape index (κ2) is 8.30. The van der Waals surface area contributed by atoms with Gasteiger partial charge in [0.05, 0.1) is 0 Å². The summed E-state index contributed by atoms with van der Waals surface area (Å²) in [5.74, 6) is 0.989. The van der Waals surface area contributed by atoms with Crippen molar-refractivity contribution in [3.05, 3.63) is 35.4 Å². The minimum absolute atomic E-state index is 0.0694. The van der Waals surface area contributed by atoms with Gasteiger partial charge in [0.15, 0.2) is 0 Å². The fraction of sp³-hybridized carbons (Fsp3) is 0.650. The van der Waals surface area contributed by atoms with E-state index in [0.717, 1.165) is 50.1 Å². The standard InChI is InChI=1S/C20H30N2O3/c1-15-2-4-17(5-3-15)20(25)22-11-18(19(12-22)14-24)10-21-8-6-16(13-23)7-9-21/h2-5,16,18-19,23-24H,6-14H2,1H3/t18-,19-/m1/s1. The van der Waals surface area contributed by atoms with Crippen LogP contribution in [0.5, 0.6) is 0 Å². The van der Waals surface area contributed by atoms with Gasteiger partial charge in [0.2, 0.25) is 0 Å². The highest BCUT2D eigenvalue weighted by Gasteiger charge is 2.36. The Bertz CT molecular complexity index is 567. The molecule has 138 valence electrons. The molecule has 0 saturated carbocycles. The molecule has 5 nitrogen and oxygen atoms in total. The summed E-state index contributed by atoms with van der Waals surface area (Å²) in [7, 11) is 0. The quantitative estimate of drug-likeness (QED) is 0.845. The van der Waals surface area contributed by atoms with Gasteiger partial charge in [-0.25, -0.2) is 0 Å². The summed E-state index contributed by atoms with van der Waals surface area (Å²) < 4.78 is 0. The van der Waals surface area contributed by atoms with Crippen molar-refractivity contribution >= 4 is 5.91 Å². The normalized spacial score (nSPS) is 25.5. The molecule has 2 fully saturated rings. The monoisotopic (exact) mass is 346 g/mol. The van der Waals surface area contributed by atoms with Crippen LogP contribution in [0, 0.1) is 24.7 Å². The molecule has 0 unspecified atom stereocenters. The molecule has 2 saturated heterocycles. The summed E-state index contributed by atoms with van der Waals surface area (Å²) in [6, 6.07) is 7.71. The predicted molar refractivity (Wildman–Crippen MR) is 97.4 cm³/mol. The molecule has 2 atom stereocenters. The van der Waals surface area contributed by atoms with Gasteiger partial charge in [-0.05, 0) is 56.8 Å². The summed E-state index contributed by atoms with van der Waals surface area (Å²) in [6.07, 6.45) is 2.08. The van der Waals surface area contributed by atoms with Crippen molar-refractivity contribution in [3.8, 4) is 0 Å². The lowest BCUT2D eigenvalue weighted by Crippen LogP contribution is -2.40. The largest absolute Gasteiger partial charge is 0.396 e. The predicted octanol–water partition coefficient (Wildman–Crippen LogP) is 1.38. The van der Waals surface area contributed by atoms with Crippen LogP contribution in [0.3, 0.4) is 0 Å². The van der Waals surface area contributed by atoms with Crippen molar-refractivity contribution in [2.75, 3.05) is 45.9 Å². The summed E-state index contributed by atoms with van der Waals surface area (Å²) in [5, 5.41) is 19.0. The first-order chi connectivity index (χ1) is 12.1. The fourth-order valence-corrected chi connectivity index (χ4v) is 4.08. The average Bonchev–Trinajstić information content (AvgIpc) is 3.05. The Kier molecular flexibility index (Phi) is 6.10. The molecule has 25 heavy (non-hydrogen) atoms. The number of amides is 1. The van der Waals surface area contributed by atoms with Gasteiger partial charge in [-0.15, -0.1) is 0 Å².